The van der Waals surface area contributed by atoms with Crippen LogP contribution in [-0.4, -0.2) is 47.9 Å². The molecule has 0 aliphatic heterocycles. The Balaban J connectivity index is 2.78. The highest BCUT2D eigenvalue weighted by Gasteiger charge is 2.16. The zero-order valence-electron chi connectivity index (χ0n) is 10.0. The van der Waals surface area contributed by atoms with Crippen molar-refractivity contribution in [3.8, 4) is 0 Å². The number of halogens is 1. The van der Waals surface area contributed by atoms with Crippen molar-refractivity contribution in [1.29, 1.82) is 0 Å². The Labute approximate surface area is 109 Å². The van der Waals surface area contributed by atoms with Crippen LogP contribution in [0.1, 0.15) is 10.4 Å². The highest BCUT2D eigenvalue weighted by molar-refractivity contribution is 6.32. The molecule has 18 heavy (non-hydrogen) atoms. The lowest BCUT2D eigenvalue weighted by molar-refractivity contribution is -0.385. The Morgan fingerprint density at radius 1 is 1.61 bits per heavy atom. The van der Waals surface area contributed by atoms with Crippen LogP contribution in [0.2, 0.25) is 5.15 Å². The molecule has 0 spiro atoms. The summed E-state index contributed by atoms with van der Waals surface area (Å²) in [6.45, 7) is 1.08. The molecule has 1 aromatic rings. The van der Waals surface area contributed by atoms with Gasteiger partial charge in [0.15, 0.2) is 0 Å². The fourth-order valence-corrected chi connectivity index (χ4v) is 1.37. The molecule has 1 rings (SSSR count). The van der Waals surface area contributed by atoms with Gasteiger partial charge in [-0.15, -0.1) is 0 Å². The number of likely N-dealkylation sites (N-methyl/N-ethyl adjacent to an activating group) is 1. The van der Waals surface area contributed by atoms with Crippen molar-refractivity contribution in [2.45, 2.75) is 0 Å². The molecule has 1 heterocycles. The van der Waals surface area contributed by atoms with Gasteiger partial charge in [-0.3, -0.25) is 14.9 Å². The van der Waals surface area contributed by atoms with Crippen molar-refractivity contribution < 1.29 is 9.72 Å². The molecular weight excluding hydrogens is 260 g/mol. The Hall–Kier alpha value is -1.73. The summed E-state index contributed by atoms with van der Waals surface area (Å²) in [5.74, 6) is -0.474. The third-order valence-corrected chi connectivity index (χ3v) is 2.43. The summed E-state index contributed by atoms with van der Waals surface area (Å²) in [7, 11) is 3.74. The molecule has 1 aromatic heterocycles. The van der Waals surface area contributed by atoms with E-state index in [2.05, 4.69) is 10.3 Å². The molecule has 0 unspecified atom stereocenters. The van der Waals surface area contributed by atoms with Gasteiger partial charge >= 0.3 is 0 Å². The Morgan fingerprint density at radius 3 is 2.83 bits per heavy atom. The molecular formula is C10H13ClN4O3. The minimum atomic E-state index is -0.625. The average Bonchev–Trinajstić information content (AvgIpc) is 2.28. The van der Waals surface area contributed by atoms with Crippen LogP contribution in [0.4, 0.5) is 5.69 Å². The molecule has 0 aromatic carbocycles. The van der Waals surface area contributed by atoms with Gasteiger partial charge in [-0.05, 0) is 14.1 Å². The van der Waals surface area contributed by atoms with Crippen LogP contribution in [0.15, 0.2) is 12.3 Å². The van der Waals surface area contributed by atoms with Gasteiger partial charge in [0.1, 0.15) is 11.3 Å². The predicted octanol–water partition coefficient (Wildman–Crippen LogP) is 0.935. The van der Waals surface area contributed by atoms with Crippen LogP contribution in [0.25, 0.3) is 0 Å². The average molecular weight is 273 g/mol. The maximum atomic E-state index is 11.7. The van der Waals surface area contributed by atoms with Crippen LogP contribution in [0.5, 0.6) is 0 Å². The first-order chi connectivity index (χ1) is 8.41. The van der Waals surface area contributed by atoms with E-state index in [0.29, 0.717) is 13.1 Å². The number of aromatic nitrogens is 1. The van der Waals surface area contributed by atoms with E-state index in [0.717, 1.165) is 12.3 Å². The molecule has 0 bridgehead atoms. The Morgan fingerprint density at radius 2 is 2.28 bits per heavy atom. The smallest absolute Gasteiger partial charge is 0.288 e. The minimum absolute atomic E-state index is 0.00428. The monoisotopic (exact) mass is 272 g/mol. The van der Waals surface area contributed by atoms with Gasteiger partial charge in [-0.2, -0.15) is 0 Å². The van der Waals surface area contributed by atoms with Gasteiger partial charge < -0.3 is 10.2 Å². The molecule has 0 saturated carbocycles. The summed E-state index contributed by atoms with van der Waals surface area (Å²) in [6, 6.07) is 1.11. The number of carbonyl (C=O) groups excluding carboxylic acids is 1. The van der Waals surface area contributed by atoms with Crippen molar-refractivity contribution in [1.82, 2.24) is 15.2 Å². The molecule has 0 aliphatic rings. The molecule has 8 heteroatoms. The zero-order chi connectivity index (χ0) is 13.7. The van der Waals surface area contributed by atoms with E-state index >= 15 is 0 Å². The van der Waals surface area contributed by atoms with Crippen molar-refractivity contribution in [3.63, 3.8) is 0 Å². The molecule has 1 N–H and O–H groups in total. The van der Waals surface area contributed by atoms with Crippen molar-refractivity contribution >= 4 is 23.2 Å². The zero-order valence-corrected chi connectivity index (χ0v) is 10.8. The molecule has 0 radical (unpaired) electrons. The third-order valence-electron chi connectivity index (χ3n) is 2.12. The Bertz CT molecular complexity index is 464. The van der Waals surface area contributed by atoms with Crippen molar-refractivity contribution in [3.05, 3.63) is 33.1 Å². The lowest BCUT2D eigenvalue weighted by atomic mass is 10.2. The number of nitro groups is 1. The number of pyridine rings is 1. The minimum Gasteiger partial charge on any atom is -0.351 e. The second kappa shape index (κ2) is 6.27. The van der Waals surface area contributed by atoms with Gasteiger partial charge in [0, 0.05) is 19.2 Å². The molecule has 0 atom stereocenters. The summed E-state index contributed by atoms with van der Waals surface area (Å²) in [5, 5.41) is 13.1. The van der Waals surface area contributed by atoms with Crippen LogP contribution >= 0.6 is 11.6 Å². The number of nitrogens with zero attached hydrogens (tertiary/aromatic N) is 3. The van der Waals surface area contributed by atoms with Gasteiger partial charge in [0.25, 0.3) is 11.6 Å². The number of carbonyl (C=O) groups is 1. The first kappa shape index (κ1) is 14.3. The summed E-state index contributed by atoms with van der Waals surface area (Å²) in [5.41, 5.74) is -0.262. The van der Waals surface area contributed by atoms with Crippen LogP contribution in [-0.2, 0) is 0 Å². The summed E-state index contributed by atoms with van der Waals surface area (Å²) >= 11 is 5.73. The molecule has 0 saturated heterocycles. The highest BCUT2D eigenvalue weighted by Crippen LogP contribution is 2.18. The van der Waals surface area contributed by atoms with E-state index in [4.69, 9.17) is 11.6 Å². The van der Waals surface area contributed by atoms with Gasteiger partial charge in [-0.25, -0.2) is 4.98 Å². The van der Waals surface area contributed by atoms with Gasteiger partial charge in [0.2, 0.25) is 0 Å². The van der Waals surface area contributed by atoms with Crippen molar-refractivity contribution in [2.24, 2.45) is 0 Å². The molecule has 98 valence electrons. The van der Waals surface area contributed by atoms with Crippen LogP contribution in [0.3, 0.4) is 0 Å². The lowest BCUT2D eigenvalue weighted by Gasteiger charge is -2.10. The summed E-state index contributed by atoms with van der Waals surface area (Å²) in [4.78, 5) is 27.2. The number of nitrogens with one attached hydrogen (secondary N) is 1. The molecule has 0 fully saturated rings. The van der Waals surface area contributed by atoms with E-state index in [1.54, 1.807) is 0 Å². The van der Waals surface area contributed by atoms with E-state index in [1.807, 2.05) is 19.0 Å². The maximum Gasteiger partial charge on any atom is 0.288 e. The molecule has 7 nitrogen and oxygen atoms in total. The standard InChI is InChI=1S/C10H13ClN4O3/c1-14(2)4-3-12-10(16)8-5-7(15(17)18)6-13-9(8)11/h5-6H,3-4H2,1-2H3,(H,12,16). The van der Waals surface area contributed by atoms with Gasteiger partial charge in [-0.1, -0.05) is 11.6 Å². The predicted molar refractivity (Wildman–Crippen MR) is 66.8 cm³/mol. The SMILES string of the molecule is CN(C)CCNC(=O)c1cc([N+](=O)[O-])cnc1Cl. The normalized spacial score (nSPS) is 10.4. The molecule has 1 amide bonds. The fraction of sp³-hybridized carbons (Fsp3) is 0.400. The second-order valence-corrected chi connectivity index (χ2v) is 4.21. The van der Waals surface area contributed by atoms with E-state index in [1.165, 1.54) is 0 Å². The van der Waals surface area contributed by atoms with E-state index in [-0.39, 0.29) is 16.4 Å². The van der Waals surface area contributed by atoms with Crippen molar-refractivity contribution in [2.75, 3.05) is 27.2 Å². The first-order valence-corrected chi connectivity index (χ1v) is 5.52. The number of hydrogen-bond donors (Lipinski definition) is 1. The third kappa shape index (κ3) is 3.94. The highest BCUT2D eigenvalue weighted by atomic mass is 35.5. The molecule has 0 aliphatic carbocycles. The maximum absolute atomic E-state index is 11.7. The second-order valence-electron chi connectivity index (χ2n) is 3.85. The summed E-state index contributed by atoms with van der Waals surface area (Å²) < 4.78 is 0. The van der Waals surface area contributed by atoms with Gasteiger partial charge in [0.05, 0.1) is 10.5 Å². The first-order valence-electron chi connectivity index (χ1n) is 5.14. The summed E-state index contributed by atoms with van der Waals surface area (Å²) in [6.07, 6.45) is 1.01. The Kier molecular flexibility index (Phi) is 4.99. The van der Waals surface area contributed by atoms with E-state index in [9.17, 15) is 14.9 Å². The van der Waals surface area contributed by atoms with Crippen LogP contribution < -0.4 is 5.32 Å². The van der Waals surface area contributed by atoms with Crippen LogP contribution in [0, 0.1) is 10.1 Å². The topological polar surface area (TPSA) is 88.4 Å². The number of amides is 1. The fourth-order valence-electron chi connectivity index (χ4n) is 1.18. The quantitative estimate of drug-likeness (QED) is 0.489. The lowest BCUT2D eigenvalue weighted by Crippen LogP contribution is -2.31. The number of hydrogen-bond acceptors (Lipinski definition) is 5. The largest absolute Gasteiger partial charge is 0.351 e. The number of rotatable bonds is 5. The van der Waals surface area contributed by atoms with E-state index < -0.39 is 10.8 Å².